The molecule has 16 heavy (non-hydrogen) atoms. The number of halogens is 1. The topological polar surface area (TPSA) is 0 Å². The van der Waals surface area contributed by atoms with E-state index in [1.165, 1.54) is 44.9 Å². The van der Waals surface area contributed by atoms with Gasteiger partial charge in [0.1, 0.15) is 0 Å². The average molecular weight is 239 g/mol. The summed E-state index contributed by atoms with van der Waals surface area (Å²) in [7, 11) is 0. The molecule has 0 N–H and O–H groups in total. The highest BCUT2D eigenvalue weighted by Crippen LogP contribution is 2.77. The van der Waals surface area contributed by atoms with E-state index >= 15 is 0 Å². The Kier molecular flexibility index (Phi) is 1.70. The summed E-state index contributed by atoms with van der Waals surface area (Å²) in [4.78, 5) is 0.177. The Hall–Kier alpha value is 0.290. The molecule has 5 aliphatic carbocycles. The molecule has 0 aromatic carbocycles. The maximum atomic E-state index is 7.06. The highest BCUT2D eigenvalue weighted by molar-refractivity contribution is 6.27. The number of rotatable bonds is 1. The van der Waals surface area contributed by atoms with E-state index in [2.05, 4.69) is 13.8 Å². The summed E-state index contributed by atoms with van der Waals surface area (Å²) in [6.45, 7) is 4.77. The normalized spacial score (nSPS) is 61.3. The highest BCUT2D eigenvalue weighted by atomic mass is 35.5. The molecule has 0 aliphatic heterocycles. The average Bonchev–Trinajstić information content (AvgIpc) is 2.65. The van der Waals surface area contributed by atoms with E-state index in [-0.39, 0.29) is 4.87 Å². The van der Waals surface area contributed by atoms with Crippen molar-refractivity contribution in [3.8, 4) is 0 Å². The fraction of sp³-hybridized carbons (Fsp3) is 1.00. The van der Waals surface area contributed by atoms with E-state index in [0.717, 1.165) is 17.8 Å². The lowest BCUT2D eigenvalue weighted by Gasteiger charge is -2.59. The van der Waals surface area contributed by atoms with Crippen LogP contribution in [-0.2, 0) is 0 Å². The van der Waals surface area contributed by atoms with Gasteiger partial charge in [0.2, 0.25) is 0 Å². The molecule has 0 aromatic rings. The van der Waals surface area contributed by atoms with Crippen molar-refractivity contribution in [3.63, 3.8) is 0 Å². The van der Waals surface area contributed by atoms with Crippen LogP contribution >= 0.6 is 11.6 Å². The molecule has 5 rings (SSSR count). The van der Waals surface area contributed by atoms with Crippen LogP contribution in [0.4, 0.5) is 0 Å². The minimum atomic E-state index is 0.177. The van der Waals surface area contributed by atoms with Crippen LogP contribution in [0.3, 0.4) is 0 Å². The van der Waals surface area contributed by atoms with Crippen molar-refractivity contribution in [2.45, 2.75) is 63.7 Å². The summed E-state index contributed by atoms with van der Waals surface area (Å²) in [5, 5.41) is 0. The van der Waals surface area contributed by atoms with Crippen LogP contribution in [0.1, 0.15) is 58.8 Å². The Labute approximate surface area is 104 Å². The van der Waals surface area contributed by atoms with Gasteiger partial charge in [-0.25, -0.2) is 0 Å². The van der Waals surface area contributed by atoms with Crippen molar-refractivity contribution >= 4 is 11.6 Å². The highest BCUT2D eigenvalue weighted by Gasteiger charge is 2.73. The SMILES string of the molecule is CC1(C)CC1(Cl)C12CC3CC(CC(C3)C1)C2. The van der Waals surface area contributed by atoms with E-state index in [0.29, 0.717) is 10.8 Å². The zero-order chi connectivity index (χ0) is 11.2. The lowest BCUT2D eigenvalue weighted by atomic mass is 9.47. The van der Waals surface area contributed by atoms with Gasteiger partial charge in [-0.2, -0.15) is 0 Å². The summed E-state index contributed by atoms with van der Waals surface area (Å²) in [5.74, 6) is 3.12. The molecule has 1 heteroatoms. The van der Waals surface area contributed by atoms with Crippen molar-refractivity contribution < 1.29 is 0 Å². The van der Waals surface area contributed by atoms with Crippen LogP contribution in [0.25, 0.3) is 0 Å². The molecule has 0 nitrogen and oxygen atoms in total. The van der Waals surface area contributed by atoms with Crippen molar-refractivity contribution in [3.05, 3.63) is 0 Å². The molecule has 0 heterocycles. The van der Waals surface area contributed by atoms with Gasteiger partial charge in [0.25, 0.3) is 0 Å². The molecule has 0 aromatic heterocycles. The number of hydrogen-bond acceptors (Lipinski definition) is 0. The third-order valence-corrected chi connectivity index (χ3v) is 7.56. The molecular formula is C15H23Cl. The smallest absolute Gasteiger partial charge is 0.0560 e. The fourth-order valence-corrected chi connectivity index (χ4v) is 6.63. The van der Waals surface area contributed by atoms with Crippen LogP contribution in [0, 0.1) is 28.6 Å². The second kappa shape index (κ2) is 2.66. The lowest BCUT2D eigenvalue weighted by Crippen LogP contribution is -2.52. The minimum absolute atomic E-state index is 0.177. The molecular weight excluding hydrogens is 216 g/mol. The molecule has 5 aliphatic rings. The van der Waals surface area contributed by atoms with Crippen molar-refractivity contribution in [1.82, 2.24) is 0 Å². The van der Waals surface area contributed by atoms with E-state index in [1.807, 2.05) is 0 Å². The molecule has 4 bridgehead atoms. The second-order valence-corrected chi connectivity index (χ2v) is 8.70. The third-order valence-electron chi connectivity index (χ3n) is 6.51. The molecule has 0 spiro atoms. The van der Waals surface area contributed by atoms with E-state index in [4.69, 9.17) is 11.6 Å². The van der Waals surface area contributed by atoms with Crippen molar-refractivity contribution in [2.24, 2.45) is 28.6 Å². The molecule has 5 saturated carbocycles. The predicted molar refractivity (Wildman–Crippen MR) is 67.6 cm³/mol. The molecule has 0 radical (unpaired) electrons. The van der Waals surface area contributed by atoms with Gasteiger partial charge in [0.05, 0.1) is 4.87 Å². The first kappa shape index (κ1) is 10.2. The molecule has 1 atom stereocenters. The Morgan fingerprint density at radius 3 is 1.56 bits per heavy atom. The first-order valence-electron chi connectivity index (χ1n) is 7.13. The number of hydrogen-bond donors (Lipinski definition) is 0. The number of alkyl halides is 1. The largest absolute Gasteiger partial charge is 0.118 e. The van der Waals surface area contributed by atoms with Crippen LogP contribution < -0.4 is 0 Å². The van der Waals surface area contributed by atoms with Crippen LogP contribution in [0.15, 0.2) is 0 Å². The zero-order valence-corrected chi connectivity index (χ0v) is 11.3. The Bertz CT molecular complexity index is 308. The maximum Gasteiger partial charge on any atom is 0.0560 e. The van der Waals surface area contributed by atoms with Gasteiger partial charge in [-0.15, -0.1) is 11.6 Å². The molecule has 1 unspecified atom stereocenters. The minimum Gasteiger partial charge on any atom is -0.118 e. The molecule has 90 valence electrons. The summed E-state index contributed by atoms with van der Waals surface area (Å²) >= 11 is 7.06. The van der Waals surface area contributed by atoms with Gasteiger partial charge in [-0.1, -0.05) is 13.8 Å². The second-order valence-electron chi connectivity index (χ2n) is 8.06. The van der Waals surface area contributed by atoms with Crippen LogP contribution in [0.5, 0.6) is 0 Å². The summed E-state index contributed by atoms with van der Waals surface area (Å²) < 4.78 is 0. The summed E-state index contributed by atoms with van der Waals surface area (Å²) in [6.07, 6.45) is 10.3. The van der Waals surface area contributed by atoms with Gasteiger partial charge in [0, 0.05) is 0 Å². The summed E-state index contributed by atoms with van der Waals surface area (Å²) in [6, 6.07) is 0. The Morgan fingerprint density at radius 1 is 0.875 bits per heavy atom. The molecule has 0 amide bonds. The zero-order valence-electron chi connectivity index (χ0n) is 10.6. The van der Waals surface area contributed by atoms with Crippen molar-refractivity contribution in [2.75, 3.05) is 0 Å². The van der Waals surface area contributed by atoms with Gasteiger partial charge in [0.15, 0.2) is 0 Å². The van der Waals surface area contributed by atoms with Crippen LogP contribution in [-0.4, -0.2) is 4.87 Å². The first-order valence-corrected chi connectivity index (χ1v) is 7.51. The standard InChI is InChI=1S/C15H23Cl/c1-13(2)9-15(13,16)14-6-10-3-11(7-14)5-12(4-10)8-14/h10-12H,3-9H2,1-2H3. The van der Waals surface area contributed by atoms with E-state index in [1.54, 1.807) is 0 Å². The van der Waals surface area contributed by atoms with E-state index < -0.39 is 0 Å². The third kappa shape index (κ3) is 1.04. The van der Waals surface area contributed by atoms with Crippen molar-refractivity contribution in [1.29, 1.82) is 0 Å². The molecule has 0 saturated heterocycles. The predicted octanol–water partition coefficient (Wildman–Crippen LogP) is 4.61. The van der Waals surface area contributed by atoms with Gasteiger partial charge in [-0.3, -0.25) is 0 Å². The van der Waals surface area contributed by atoms with Gasteiger partial charge < -0.3 is 0 Å². The fourth-order valence-electron chi connectivity index (χ4n) is 6.07. The molecule has 5 fully saturated rings. The summed E-state index contributed by atoms with van der Waals surface area (Å²) in [5.41, 5.74) is 0.965. The monoisotopic (exact) mass is 238 g/mol. The Balaban J connectivity index is 1.73. The Morgan fingerprint density at radius 2 is 1.25 bits per heavy atom. The van der Waals surface area contributed by atoms with Crippen LogP contribution in [0.2, 0.25) is 0 Å². The van der Waals surface area contributed by atoms with E-state index in [9.17, 15) is 0 Å². The maximum absolute atomic E-state index is 7.06. The lowest BCUT2D eigenvalue weighted by molar-refractivity contribution is -0.0647. The van der Waals surface area contributed by atoms with Gasteiger partial charge >= 0.3 is 0 Å². The van der Waals surface area contributed by atoms with Gasteiger partial charge in [-0.05, 0) is 73.5 Å². The quantitative estimate of drug-likeness (QED) is 0.586. The first-order chi connectivity index (χ1) is 7.44.